The molecule has 1 spiro atoms. The molecule has 0 unspecified atom stereocenters. The van der Waals surface area contributed by atoms with E-state index in [0.717, 1.165) is 43.1 Å². The van der Waals surface area contributed by atoms with Gasteiger partial charge < -0.3 is 50.0 Å². The molecule has 64 heavy (non-hydrogen) atoms. The molecule has 6 aliphatic rings. The third kappa shape index (κ3) is 7.21. The molecule has 16 heteroatoms. The van der Waals surface area contributed by atoms with Crippen molar-refractivity contribution in [1.82, 2.24) is 15.2 Å². The van der Waals surface area contributed by atoms with Gasteiger partial charge in [-0.05, 0) is 81.5 Å². The first-order chi connectivity index (χ1) is 30.9. The van der Waals surface area contributed by atoms with Gasteiger partial charge in [-0.2, -0.15) is 0 Å². The summed E-state index contributed by atoms with van der Waals surface area (Å²) in [6, 6.07) is 7.25. The Bertz CT molecular complexity index is 2470. The Hall–Kier alpha value is -4.19. The molecule has 1 saturated heterocycles. The first-order valence-corrected chi connectivity index (χ1v) is 24.9. The summed E-state index contributed by atoms with van der Waals surface area (Å²) >= 11 is 0. The predicted molar refractivity (Wildman–Crippen MR) is 245 cm³/mol. The number of esters is 1. The molecule has 342 valence electrons. The van der Waals surface area contributed by atoms with E-state index in [-0.39, 0.29) is 78.9 Å². The zero-order chi connectivity index (χ0) is 45.1. The average Bonchev–Trinajstić information content (AvgIpc) is 3.89. The molecule has 3 aliphatic heterocycles. The van der Waals surface area contributed by atoms with Crippen LogP contribution in [0.5, 0.6) is 5.75 Å². The van der Waals surface area contributed by atoms with Crippen molar-refractivity contribution in [3.8, 4) is 5.75 Å². The number of aromatic nitrogens is 1. The van der Waals surface area contributed by atoms with E-state index < -0.39 is 46.7 Å². The summed E-state index contributed by atoms with van der Waals surface area (Å²) in [5, 5.41) is 35.5. The number of hydrogen-bond donors (Lipinski definition) is 5. The molecule has 1 aromatic carbocycles. The number of nitrogen functional groups attached to an aromatic ring is 1. The second-order valence-corrected chi connectivity index (χ2v) is 21.4. The molecule has 0 bridgehead atoms. The standard InChI is InChI=1S/C48H58N4O10S2/c1-4-26(7-11-53)44(58)62-46(2)32(24-56)14-31-25-63-64-38-16-30(23-55)42(50-3)34-22-52(43(34)38)40(57)17-29-21-51-39(49)18-33(29)41(31)48(46)20-28-13-27-15-35(47(10-12-54)8-5-6-9-47)45(59)60-36(27)19-37(28)61-48/h4,13-15,18-19,21,23,30,32,34,38,41-43,50,53-54,56H,5-12,16-17,20,22,24-25H2,1-3H3,(H2,49,51)/b26-4+/t30-,32+,34+,38+,41-,42-,43+,46+,48+/m0/s1. The van der Waals surface area contributed by atoms with E-state index in [9.17, 15) is 34.5 Å². The van der Waals surface area contributed by atoms with Crippen molar-refractivity contribution in [2.45, 2.75) is 112 Å². The second kappa shape index (κ2) is 17.6. The molecular weight excluding hydrogens is 857 g/mol. The van der Waals surface area contributed by atoms with Gasteiger partial charge in [-0.1, -0.05) is 52.2 Å². The SMILES string of the molecule is C/C=C(\CCO)C(=O)O[C@]1(C)[C@@H](CO)C=C2CSS[C@@H]3C[C@@H](C=O)[C@H](NC)[C@H]4CN(C(=O)Cc5cnc(N)cc5[C@H]2[C@]12Cc1cc5cc(C6(CCO)CCCC6)c(=O)oc5cc1O2)[C@H]43. The number of carbonyl (C=O) groups is 3. The van der Waals surface area contributed by atoms with Crippen molar-refractivity contribution in [2.24, 2.45) is 17.8 Å². The minimum Gasteiger partial charge on any atom is -0.481 e. The molecule has 6 N–H and O–H groups in total. The number of anilines is 1. The highest BCUT2D eigenvalue weighted by molar-refractivity contribution is 8.77. The molecule has 9 rings (SSSR count). The number of aliphatic hydroxyl groups is 3. The fourth-order valence-corrected chi connectivity index (χ4v) is 15.5. The highest BCUT2D eigenvalue weighted by Gasteiger charge is 2.67. The van der Waals surface area contributed by atoms with Crippen LogP contribution in [0, 0.1) is 17.8 Å². The summed E-state index contributed by atoms with van der Waals surface area (Å²) < 4.78 is 20.2. The minimum atomic E-state index is -1.59. The van der Waals surface area contributed by atoms with E-state index >= 15 is 0 Å². The van der Waals surface area contributed by atoms with E-state index in [1.54, 1.807) is 59.8 Å². The quantitative estimate of drug-likeness (QED) is 0.0472. The van der Waals surface area contributed by atoms with E-state index in [0.29, 0.717) is 58.5 Å². The maximum Gasteiger partial charge on any atom is 0.340 e. The van der Waals surface area contributed by atoms with E-state index in [1.807, 2.05) is 30.2 Å². The van der Waals surface area contributed by atoms with Gasteiger partial charge >= 0.3 is 11.6 Å². The van der Waals surface area contributed by atoms with Gasteiger partial charge in [0.05, 0.1) is 25.0 Å². The summed E-state index contributed by atoms with van der Waals surface area (Å²) in [6.07, 6.45) is 11.0. The van der Waals surface area contributed by atoms with Gasteiger partial charge in [-0.3, -0.25) is 4.79 Å². The van der Waals surface area contributed by atoms with Crippen molar-refractivity contribution in [3.63, 3.8) is 0 Å². The third-order valence-electron chi connectivity index (χ3n) is 15.6. The number of aldehydes is 1. The van der Waals surface area contributed by atoms with Crippen LogP contribution in [-0.4, -0.2) is 111 Å². The zero-order valence-electron chi connectivity index (χ0n) is 36.5. The van der Waals surface area contributed by atoms with Crippen LogP contribution in [0.1, 0.15) is 87.0 Å². The number of allylic oxidation sites excluding steroid dienone is 1. The average molecular weight is 915 g/mol. The number of hydrogen-bond acceptors (Lipinski definition) is 15. The fourth-order valence-electron chi connectivity index (χ4n) is 12.3. The number of nitrogens with one attached hydrogen (secondary N) is 1. The number of carbonyl (C=O) groups excluding carboxylic acids is 3. The van der Waals surface area contributed by atoms with E-state index in [2.05, 4.69) is 10.3 Å². The number of aliphatic hydroxyl groups excluding tert-OH is 3. The van der Waals surface area contributed by atoms with Gasteiger partial charge in [0.2, 0.25) is 5.91 Å². The zero-order valence-corrected chi connectivity index (χ0v) is 38.2. The van der Waals surface area contributed by atoms with Gasteiger partial charge in [-0.15, -0.1) is 0 Å². The number of pyridine rings is 1. The summed E-state index contributed by atoms with van der Waals surface area (Å²) in [6.45, 7) is 3.28. The minimum absolute atomic E-state index is 0.0110. The summed E-state index contributed by atoms with van der Waals surface area (Å²) in [5.41, 5.74) is 6.63. The Morgan fingerprint density at radius 1 is 1.12 bits per heavy atom. The Balaban J connectivity index is 1.22. The van der Waals surface area contributed by atoms with Crippen molar-refractivity contribution < 1.29 is 43.6 Å². The van der Waals surface area contributed by atoms with Gasteiger partial charge in [0.1, 0.15) is 23.4 Å². The first-order valence-electron chi connectivity index (χ1n) is 22.5. The number of amides is 1. The number of nitrogens with two attached hydrogens (primary N) is 1. The lowest BCUT2D eigenvalue weighted by Gasteiger charge is -2.58. The summed E-state index contributed by atoms with van der Waals surface area (Å²) in [5.74, 6) is -1.22. The van der Waals surface area contributed by atoms with Gasteiger partial charge in [0.15, 0.2) is 11.2 Å². The number of fused-ring (bicyclic) bond motifs is 6. The largest absolute Gasteiger partial charge is 0.481 e. The van der Waals surface area contributed by atoms with Crippen molar-refractivity contribution in [2.75, 3.05) is 44.9 Å². The van der Waals surface area contributed by atoms with E-state index in [4.69, 9.17) is 19.6 Å². The Kier molecular flexibility index (Phi) is 12.3. The smallest absolute Gasteiger partial charge is 0.340 e. The van der Waals surface area contributed by atoms with Crippen molar-refractivity contribution >= 4 is 56.5 Å². The molecule has 3 aromatic rings. The molecule has 3 aliphatic carbocycles. The van der Waals surface area contributed by atoms with Crippen molar-refractivity contribution in [3.05, 3.63) is 86.4 Å². The number of benzene rings is 1. The van der Waals surface area contributed by atoms with Crippen LogP contribution in [0.4, 0.5) is 5.82 Å². The molecule has 0 radical (unpaired) electrons. The molecule has 9 atom stereocenters. The van der Waals surface area contributed by atoms with Crippen LogP contribution in [0.2, 0.25) is 0 Å². The van der Waals surface area contributed by atoms with Crippen molar-refractivity contribution in [1.29, 1.82) is 0 Å². The topological polar surface area (TPSA) is 215 Å². The number of rotatable bonds is 10. The lowest BCUT2D eigenvalue weighted by atomic mass is 9.58. The monoisotopic (exact) mass is 914 g/mol. The van der Waals surface area contributed by atoms with E-state index in [1.165, 1.54) is 0 Å². The highest BCUT2D eigenvalue weighted by Crippen LogP contribution is 2.60. The molecule has 14 nitrogen and oxygen atoms in total. The first kappa shape index (κ1) is 45.0. The number of ether oxygens (including phenoxy) is 2. The Morgan fingerprint density at radius 2 is 1.92 bits per heavy atom. The third-order valence-corrected chi connectivity index (χ3v) is 18.4. The van der Waals surface area contributed by atoms with Crippen LogP contribution in [-0.2, 0) is 37.4 Å². The van der Waals surface area contributed by atoms with Crippen LogP contribution in [0.3, 0.4) is 0 Å². The molecule has 3 fully saturated rings. The molecule has 1 amide bonds. The molecule has 2 aromatic heterocycles. The van der Waals surface area contributed by atoms with Crippen LogP contribution >= 0.6 is 21.6 Å². The molecular formula is C48H58N4O10S2. The van der Waals surface area contributed by atoms with Crippen LogP contribution in [0.15, 0.2) is 63.0 Å². The van der Waals surface area contributed by atoms with Gasteiger partial charge in [-0.25, -0.2) is 14.6 Å². The van der Waals surface area contributed by atoms with Crippen LogP contribution in [0.25, 0.3) is 11.0 Å². The maximum absolute atomic E-state index is 14.6. The Labute approximate surface area is 380 Å². The summed E-state index contributed by atoms with van der Waals surface area (Å²) in [4.78, 5) is 61.6. The van der Waals surface area contributed by atoms with Crippen LogP contribution < -0.4 is 21.4 Å². The lowest BCUT2D eigenvalue weighted by Crippen LogP contribution is -2.72. The highest BCUT2D eigenvalue weighted by atomic mass is 33.1. The fraction of sp³-hybridized carbons (Fsp3) is 0.562. The maximum atomic E-state index is 14.6. The Morgan fingerprint density at radius 3 is 2.62 bits per heavy atom. The lowest BCUT2D eigenvalue weighted by molar-refractivity contribution is -0.199. The van der Waals surface area contributed by atoms with Gasteiger partial charge in [0.25, 0.3) is 0 Å². The van der Waals surface area contributed by atoms with Gasteiger partial charge in [0, 0.05) is 102 Å². The molecule has 5 heterocycles. The predicted octanol–water partition coefficient (Wildman–Crippen LogP) is 4.54. The molecule has 2 saturated carbocycles. The summed E-state index contributed by atoms with van der Waals surface area (Å²) in [7, 11) is 5.18. The number of nitrogens with zero attached hydrogens (tertiary/aromatic N) is 2. The second-order valence-electron chi connectivity index (χ2n) is 18.8. The normalized spacial score (nSPS) is 31.9.